The molecule has 3 aromatic rings. The fraction of sp³-hybridized carbons (Fsp3) is 0.304. The lowest BCUT2D eigenvalue weighted by Gasteiger charge is -2.22. The fourth-order valence-electron chi connectivity index (χ4n) is 3.41. The zero-order chi connectivity index (χ0) is 22.0. The lowest BCUT2D eigenvalue weighted by atomic mass is 9.98. The van der Waals surface area contributed by atoms with E-state index in [-0.39, 0.29) is 17.6 Å². The van der Waals surface area contributed by atoms with Crippen LogP contribution in [-0.4, -0.2) is 32.0 Å². The standard InChI is InChI=1S/C23H22ClN5OS/c1-15-3-5-16(6-4-15)21-27-28-22(29(21)19-11-9-18(24)10-12-19)31-13-20(30)26-23(2,14-25)17-7-8-17/h3-6,9-12,17H,7-8,13H2,1-2H3,(H,26,30). The Morgan fingerprint density at radius 2 is 1.90 bits per heavy atom. The highest BCUT2D eigenvalue weighted by Crippen LogP contribution is 2.39. The summed E-state index contributed by atoms with van der Waals surface area (Å²) in [6.45, 7) is 3.82. The first-order chi connectivity index (χ1) is 14.9. The zero-order valence-electron chi connectivity index (χ0n) is 17.3. The number of benzene rings is 2. The minimum Gasteiger partial charge on any atom is -0.337 e. The molecule has 1 atom stereocenters. The van der Waals surface area contributed by atoms with Gasteiger partial charge in [0.15, 0.2) is 11.0 Å². The molecule has 8 heteroatoms. The largest absolute Gasteiger partial charge is 0.337 e. The van der Waals surface area contributed by atoms with Gasteiger partial charge in [0.25, 0.3) is 0 Å². The molecule has 6 nitrogen and oxygen atoms in total. The van der Waals surface area contributed by atoms with Gasteiger partial charge in [0, 0.05) is 16.3 Å². The van der Waals surface area contributed by atoms with Gasteiger partial charge in [-0.05, 0) is 56.9 Å². The van der Waals surface area contributed by atoms with Gasteiger partial charge < -0.3 is 5.32 Å². The lowest BCUT2D eigenvalue weighted by Crippen LogP contribution is -2.47. The summed E-state index contributed by atoms with van der Waals surface area (Å²) in [5, 5.41) is 22.4. The van der Waals surface area contributed by atoms with Crippen molar-refractivity contribution in [1.29, 1.82) is 5.26 Å². The van der Waals surface area contributed by atoms with Gasteiger partial charge in [0.1, 0.15) is 5.54 Å². The number of nitrogens with one attached hydrogen (secondary N) is 1. The fourth-order valence-corrected chi connectivity index (χ4v) is 4.29. The van der Waals surface area contributed by atoms with Crippen LogP contribution in [0.5, 0.6) is 0 Å². The molecule has 1 heterocycles. The third kappa shape index (κ3) is 4.76. The Bertz CT molecular complexity index is 1130. The summed E-state index contributed by atoms with van der Waals surface area (Å²) in [6.07, 6.45) is 1.95. The van der Waals surface area contributed by atoms with E-state index in [4.69, 9.17) is 11.6 Å². The Morgan fingerprint density at radius 1 is 1.23 bits per heavy atom. The maximum atomic E-state index is 12.6. The number of aryl methyl sites for hydroxylation is 1. The number of aromatic nitrogens is 3. The molecule has 0 saturated heterocycles. The number of thioether (sulfide) groups is 1. The highest BCUT2D eigenvalue weighted by molar-refractivity contribution is 7.99. The van der Waals surface area contributed by atoms with Gasteiger partial charge in [0.05, 0.1) is 11.8 Å². The van der Waals surface area contributed by atoms with Gasteiger partial charge in [-0.15, -0.1) is 10.2 Å². The van der Waals surface area contributed by atoms with E-state index in [9.17, 15) is 10.1 Å². The molecule has 1 aliphatic rings. The van der Waals surface area contributed by atoms with Gasteiger partial charge in [0.2, 0.25) is 5.91 Å². The minimum atomic E-state index is -0.811. The first kappa shape index (κ1) is 21.4. The van der Waals surface area contributed by atoms with Crippen molar-refractivity contribution in [2.75, 3.05) is 5.75 Å². The summed E-state index contributed by atoms with van der Waals surface area (Å²) in [5.74, 6) is 0.870. The highest BCUT2D eigenvalue weighted by Gasteiger charge is 2.43. The molecule has 2 aromatic carbocycles. The van der Waals surface area contributed by atoms with Crippen molar-refractivity contribution in [2.24, 2.45) is 5.92 Å². The number of nitriles is 1. The lowest BCUT2D eigenvalue weighted by molar-refractivity contribution is -0.119. The topological polar surface area (TPSA) is 83.6 Å². The van der Waals surface area contributed by atoms with Crippen LogP contribution >= 0.6 is 23.4 Å². The second kappa shape index (κ2) is 8.74. The molecule has 0 bridgehead atoms. The van der Waals surface area contributed by atoms with Crippen molar-refractivity contribution < 1.29 is 4.79 Å². The van der Waals surface area contributed by atoms with Gasteiger partial charge in [-0.3, -0.25) is 9.36 Å². The highest BCUT2D eigenvalue weighted by atomic mass is 35.5. The number of amides is 1. The van der Waals surface area contributed by atoms with Crippen LogP contribution < -0.4 is 5.32 Å². The van der Waals surface area contributed by atoms with Crippen LogP contribution in [0.25, 0.3) is 17.1 Å². The Hall–Kier alpha value is -2.82. The van der Waals surface area contributed by atoms with Crippen molar-refractivity contribution in [1.82, 2.24) is 20.1 Å². The molecule has 1 saturated carbocycles. The third-order valence-corrected chi connectivity index (χ3v) is 6.57. The van der Waals surface area contributed by atoms with Gasteiger partial charge >= 0.3 is 0 Å². The van der Waals surface area contributed by atoms with Crippen molar-refractivity contribution in [3.63, 3.8) is 0 Å². The third-order valence-electron chi connectivity index (χ3n) is 5.39. The van der Waals surface area contributed by atoms with E-state index in [2.05, 4.69) is 21.6 Å². The Morgan fingerprint density at radius 3 is 2.52 bits per heavy atom. The predicted octanol–water partition coefficient (Wildman–Crippen LogP) is 4.80. The number of carbonyl (C=O) groups is 1. The first-order valence-corrected chi connectivity index (χ1v) is 11.4. The SMILES string of the molecule is Cc1ccc(-c2nnc(SCC(=O)NC(C)(C#N)C3CC3)n2-c2ccc(Cl)cc2)cc1. The normalized spacial score (nSPS) is 15.2. The van der Waals surface area contributed by atoms with Gasteiger partial charge in [-0.2, -0.15) is 5.26 Å². The van der Waals surface area contributed by atoms with Crippen LogP contribution in [0.3, 0.4) is 0 Å². The number of halogens is 1. The Labute approximate surface area is 190 Å². The molecule has 1 N–H and O–H groups in total. The van der Waals surface area contributed by atoms with Crippen LogP contribution in [0, 0.1) is 24.2 Å². The minimum absolute atomic E-state index is 0.142. The summed E-state index contributed by atoms with van der Waals surface area (Å²) in [6, 6.07) is 17.7. The quantitative estimate of drug-likeness (QED) is 0.522. The molecule has 1 aromatic heterocycles. The molecule has 0 aliphatic heterocycles. The van der Waals surface area contributed by atoms with E-state index in [0.717, 1.165) is 29.7 Å². The summed E-state index contributed by atoms with van der Waals surface area (Å²) in [4.78, 5) is 12.6. The predicted molar refractivity (Wildman–Crippen MR) is 122 cm³/mol. The second-order valence-electron chi connectivity index (χ2n) is 7.91. The summed E-state index contributed by atoms with van der Waals surface area (Å²) in [5.41, 5.74) is 2.13. The average molecular weight is 452 g/mol. The van der Waals surface area contributed by atoms with E-state index in [0.29, 0.717) is 16.0 Å². The van der Waals surface area contributed by atoms with E-state index < -0.39 is 5.54 Å². The Balaban J connectivity index is 1.60. The monoisotopic (exact) mass is 451 g/mol. The smallest absolute Gasteiger partial charge is 0.231 e. The zero-order valence-corrected chi connectivity index (χ0v) is 18.9. The molecular formula is C23H22ClN5OS. The van der Waals surface area contributed by atoms with E-state index in [1.165, 1.54) is 11.8 Å². The molecule has 31 heavy (non-hydrogen) atoms. The van der Waals surface area contributed by atoms with Crippen molar-refractivity contribution >= 4 is 29.3 Å². The molecule has 0 radical (unpaired) electrons. The van der Waals surface area contributed by atoms with Crippen LogP contribution in [-0.2, 0) is 4.79 Å². The average Bonchev–Trinajstić information content (AvgIpc) is 3.54. The number of rotatable bonds is 7. The van der Waals surface area contributed by atoms with Gasteiger partial charge in [-0.25, -0.2) is 0 Å². The molecule has 4 rings (SSSR count). The molecule has 1 unspecified atom stereocenters. The van der Waals surface area contributed by atoms with E-state index in [1.54, 1.807) is 6.92 Å². The van der Waals surface area contributed by atoms with Crippen LogP contribution in [0.4, 0.5) is 0 Å². The molecule has 1 amide bonds. The second-order valence-corrected chi connectivity index (χ2v) is 9.29. The number of hydrogen-bond acceptors (Lipinski definition) is 5. The molecule has 1 aliphatic carbocycles. The molecule has 158 valence electrons. The summed E-state index contributed by atoms with van der Waals surface area (Å²) in [7, 11) is 0. The van der Waals surface area contributed by atoms with Crippen molar-refractivity contribution in [2.45, 2.75) is 37.4 Å². The van der Waals surface area contributed by atoms with Gasteiger partial charge in [-0.1, -0.05) is 53.2 Å². The maximum absolute atomic E-state index is 12.6. The first-order valence-electron chi connectivity index (χ1n) is 10.0. The van der Waals surface area contributed by atoms with Crippen LogP contribution in [0.1, 0.15) is 25.3 Å². The molecule has 1 fully saturated rings. The van der Waals surface area contributed by atoms with Crippen molar-refractivity contribution in [3.8, 4) is 23.1 Å². The van der Waals surface area contributed by atoms with E-state index in [1.807, 2.05) is 60.0 Å². The molecular weight excluding hydrogens is 430 g/mol. The number of carbonyl (C=O) groups excluding carboxylic acids is 1. The van der Waals surface area contributed by atoms with Crippen LogP contribution in [0.15, 0.2) is 53.7 Å². The summed E-state index contributed by atoms with van der Waals surface area (Å²) < 4.78 is 1.92. The Kier molecular flexibility index (Phi) is 6.03. The van der Waals surface area contributed by atoms with Crippen LogP contribution in [0.2, 0.25) is 5.02 Å². The summed E-state index contributed by atoms with van der Waals surface area (Å²) >= 11 is 7.36. The van der Waals surface area contributed by atoms with Crippen molar-refractivity contribution in [3.05, 3.63) is 59.1 Å². The maximum Gasteiger partial charge on any atom is 0.231 e. The number of hydrogen-bond donors (Lipinski definition) is 1. The number of nitrogens with zero attached hydrogens (tertiary/aromatic N) is 4. The molecule has 0 spiro atoms. The van der Waals surface area contributed by atoms with E-state index >= 15 is 0 Å².